The van der Waals surface area contributed by atoms with Gasteiger partial charge in [0.05, 0.1) is 29.0 Å². The van der Waals surface area contributed by atoms with Crippen molar-refractivity contribution in [2.24, 2.45) is 5.10 Å². The highest BCUT2D eigenvalue weighted by Gasteiger charge is 2.13. The van der Waals surface area contributed by atoms with E-state index in [1.165, 1.54) is 11.8 Å². The Hall–Kier alpha value is -3.16. The molecule has 0 aliphatic rings. The van der Waals surface area contributed by atoms with Crippen molar-refractivity contribution in [2.45, 2.75) is 18.6 Å². The van der Waals surface area contributed by atoms with Crippen molar-refractivity contribution < 1.29 is 4.79 Å². The number of halogens is 1. The maximum absolute atomic E-state index is 12.4. The Morgan fingerprint density at radius 3 is 2.61 bits per heavy atom. The third-order valence-corrected chi connectivity index (χ3v) is 5.88. The van der Waals surface area contributed by atoms with E-state index < -0.39 is 0 Å². The molecule has 8 heteroatoms. The lowest BCUT2D eigenvalue weighted by molar-refractivity contribution is -0.118. The first-order chi connectivity index (χ1) is 15.1. The van der Waals surface area contributed by atoms with Crippen molar-refractivity contribution in [3.63, 3.8) is 0 Å². The van der Waals surface area contributed by atoms with Crippen LogP contribution in [-0.4, -0.2) is 31.9 Å². The number of nitrogens with zero attached hydrogens (tertiary/aromatic N) is 4. The summed E-state index contributed by atoms with van der Waals surface area (Å²) in [5, 5.41) is 5.66. The third kappa shape index (κ3) is 5.31. The standard InChI is InChI=1S/C23H20ClN5OS/c1-16(18-10-12-25-13-11-18)27-28-22(30)15-31-23-26-20-4-2-3-5-21(20)29(23)14-17-6-8-19(24)9-7-17/h2-13H,14-15H2,1H3,(H,28,30)/b27-16-. The fraction of sp³-hybridized carbons (Fsp3) is 0.130. The molecule has 2 aromatic carbocycles. The minimum atomic E-state index is -0.191. The lowest BCUT2D eigenvalue weighted by atomic mass is 10.2. The summed E-state index contributed by atoms with van der Waals surface area (Å²) in [7, 11) is 0. The molecule has 6 nitrogen and oxygen atoms in total. The highest BCUT2D eigenvalue weighted by molar-refractivity contribution is 7.99. The van der Waals surface area contributed by atoms with Crippen LogP contribution in [0.3, 0.4) is 0 Å². The Kier molecular flexibility index (Phi) is 6.64. The number of hydrazone groups is 1. The molecule has 0 bridgehead atoms. The number of fused-ring (bicyclic) bond motifs is 1. The van der Waals surface area contributed by atoms with Crippen LogP contribution in [0.15, 0.2) is 83.3 Å². The molecule has 0 aliphatic carbocycles. The first-order valence-electron chi connectivity index (χ1n) is 9.66. The van der Waals surface area contributed by atoms with Gasteiger partial charge in [0.25, 0.3) is 5.91 Å². The molecule has 1 N–H and O–H groups in total. The number of para-hydroxylation sites is 2. The summed E-state index contributed by atoms with van der Waals surface area (Å²) in [5.41, 5.74) is 7.27. The van der Waals surface area contributed by atoms with Crippen molar-refractivity contribution in [3.8, 4) is 0 Å². The van der Waals surface area contributed by atoms with Crippen molar-refractivity contribution in [1.82, 2.24) is 20.0 Å². The molecule has 2 heterocycles. The number of amides is 1. The molecule has 1 amide bonds. The predicted octanol–water partition coefficient (Wildman–Crippen LogP) is 4.77. The number of benzene rings is 2. The summed E-state index contributed by atoms with van der Waals surface area (Å²) in [6, 6.07) is 19.4. The number of pyridine rings is 1. The average molecular weight is 450 g/mol. The molecule has 31 heavy (non-hydrogen) atoms. The number of hydrogen-bond acceptors (Lipinski definition) is 5. The van der Waals surface area contributed by atoms with Gasteiger partial charge in [0.15, 0.2) is 5.16 Å². The molecule has 4 aromatic rings. The second-order valence-electron chi connectivity index (χ2n) is 6.85. The van der Waals surface area contributed by atoms with E-state index in [1.54, 1.807) is 12.4 Å². The normalized spacial score (nSPS) is 11.6. The van der Waals surface area contributed by atoms with E-state index in [9.17, 15) is 4.79 Å². The largest absolute Gasteiger partial charge is 0.314 e. The quantitative estimate of drug-likeness (QED) is 0.251. The van der Waals surface area contributed by atoms with Gasteiger partial charge in [-0.05, 0) is 48.9 Å². The van der Waals surface area contributed by atoms with Gasteiger partial charge in [-0.2, -0.15) is 5.10 Å². The maximum Gasteiger partial charge on any atom is 0.250 e. The molecule has 0 saturated heterocycles. The van der Waals surface area contributed by atoms with Crippen molar-refractivity contribution >= 4 is 46.0 Å². The number of aromatic nitrogens is 3. The second kappa shape index (κ2) is 9.76. The molecule has 0 atom stereocenters. The first-order valence-corrected chi connectivity index (χ1v) is 11.0. The van der Waals surface area contributed by atoms with Crippen LogP contribution < -0.4 is 5.43 Å². The van der Waals surface area contributed by atoms with Crippen LogP contribution in [-0.2, 0) is 11.3 Å². The molecule has 0 unspecified atom stereocenters. The van der Waals surface area contributed by atoms with Gasteiger partial charge in [0, 0.05) is 23.0 Å². The summed E-state index contributed by atoms with van der Waals surface area (Å²) in [4.78, 5) is 21.1. The van der Waals surface area contributed by atoms with Crippen molar-refractivity contribution in [3.05, 3.63) is 89.2 Å². The number of imidazole rings is 1. The van der Waals surface area contributed by atoms with Gasteiger partial charge in [0.1, 0.15) is 0 Å². The average Bonchev–Trinajstić information content (AvgIpc) is 3.15. The van der Waals surface area contributed by atoms with E-state index in [1.807, 2.05) is 67.6 Å². The molecular formula is C23H20ClN5OS. The highest BCUT2D eigenvalue weighted by Crippen LogP contribution is 2.25. The summed E-state index contributed by atoms with van der Waals surface area (Å²) in [6.45, 7) is 2.48. The third-order valence-electron chi connectivity index (χ3n) is 4.65. The smallest absolute Gasteiger partial charge is 0.250 e. The van der Waals surface area contributed by atoms with Crippen LogP contribution >= 0.6 is 23.4 Å². The molecule has 156 valence electrons. The minimum absolute atomic E-state index is 0.191. The van der Waals surface area contributed by atoms with Crippen molar-refractivity contribution in [1.29, 1.82) is 0 Å². The Bertz CT molecular complexity index is 1220. The zero-order chi connectivity index (χ0) is 21.6. The molecule has 4 rings (SSSR count). The number of nitrogens with one attached hydrogen (secondary N) is 1. The number of hydrogen-bond donors (Lipinski definition) is 1. The summed E-state index contributed by atoms with van der Waals surface area (Å²) in [6.07, 6.45) is 3.38. The first kappa shape index (κ1) is 21.1. The van der Waals surface area contributed by atoms with E-state index in [2.05, 4.69) is 20.1 Å². The minimum Gasteiger partial charge on any atom is -0.314 e. The van der Waals surface area contributed by atoms with Gasteiger partial charge in [-0.3, -0.25) is 9.78 Å². The van der Waals surface area contributed by atoms with Gasteiger partial charge >= 0.3 is 0 Å². The number of carbonyl (C=O) groups is 1. The zero-order valence-electron chi connectivity index (χ0n) is 16.8. The topological polar surface area (TPSA) is 72.2 Å². The molecular weight excluding hydrogens is 430 g/mol. The second-order valence-corrected chi connectivity index (χ2v) is 8.23. The summed E-state index contributed by atoms with van der Waals surface area (Å²) < 4.78 is 2.11. The fourth-order valence-corrected chi connectivity index (χ4v) is 3.99. The molecule has 0 fully saturated rings. The van der Waals surface area contributed by atoms with E-state index in [4.69, 9.17) is 16.6 Å². The van der Waals surface area contributed by atoms with Crippen LogP contribution in [0.4, 0.5) is 0 Å². The SMILES string of the molecule is C/C(=N/NC(=O)CSc1nc2ccccc2n1Cc1ccc(Cl)cc1)c1ccncc1. The molecule has 0 aliphatic heterocycles. The van der Waals surface area contributed by atoms with Crippen molar-refractivity contribution in [2.75, 3.05) is 5.75 Å². The number of carbonyl (C=O) groups excluding carboxylic acids is 1. The van der Waals surface area contributed by atoms with E-state index in [-0.39, 0.29) is 11.7 Å². The maximum atomic E-state index is 12.4. The van der Waals surface area contributed by atoms with Gasteiger partial charge in [0.2, 0.25) is 0 Å². The van der Waals surface area contributed by atoms with E-state index >= 15 is 0 Å². The lowest BCUT2D eigenvalue weighted by Crippen LogP contribution is -2.21. The number of rotatable bonds is 7. The Balaban J connectivity index is 1.47. The highest BCUT2D eigenvalue weighted by atomic mass is 35.5. The Morgan fingerprint density at radius 2 is 1.84 bits per heavy atom. The van der Waals surface area contributed by atoms with Crippen LogP contribution in [0.5, 0.6) is 0 Å². The molecule has 2 aromatic heterocycles. The Morgan fingerprint density at radius 1 is 1.10 bits per heavy atom. The molecule has 0 saturated carbocycles. The Labute approximate surface area is 189 Å². The van der Waals surface area contributed by atoms with Crippen LogP contribution in [0.1, 0.15) is 18.1 Å². The van der Waals surface area contributed by atoms with Gasteiger partial charge in [-0.15, -0.1) is 0 Å². The molecule has 0 spiro atoms. The van der Waals surface area contributed by atoms with Crippen LogP contribution in [0.25, 0.3) is 11.0 Å². The monoisotopic (exact) mass is 449 g/mol. The number of thioether (sulfide) groups is 1. The lowest BCUT2D eigenvalue weighted by Gasteiger charge is -2.09. The predicted molar refractivity (Wildman–Crippen MR) is 126 cm³/mol. The van der Waals surface area contributed by atoms with Crippen LogP contribution in [0.2, 0.25) is 5.02 Å². The zero-order valence-corrected chi connectivity index (χ0v) is 18.4. The fourth-order valence-electron chi connectivity index (χ4n) is 3.06. The summed E-state index contributed by atoms with van der Waals surface area (Å²) >= 11 is 7.40. The summed E-state index contributed by atoms with van der Waals surface area (Å²) in [5.74, 6) is 0.0142. The molecule has 0 radical (unpaired) electrons. The van der Waals surface area contributed by atoms with Gasteiger partial charge in [-0.25, -0.2) is 10.4 Å². The van der Waals surface area contributed by atoms with Crippen LogP contribution in [0, 0.1) is 0 Å². The van der Waals surface area contributed by atoms with Gasteiger partial charge in [-0.1, -0.05) is 47.6 Å². The van der Waals surface area contributed by atoms with E-state index in [0.29, 0.717) is 11.6 Å². The van der Waals surface area contributed by atoms with E-state index in [0.717, 1.165) is 33.0 Å². The van der Waals surface area contributed by atoms with Gasteiger partial charge < -0.3 is 4.57 Å².